The van der Waals surface area contributed by atoms with E-state index in [1.54, 1.807) is 0 Å². The van der Waals surface area contributed by atoms with Gasteiger partial charge in [0, 0.05) is 0 Å². The minimum Gasteiger partial charge on any atom is -0.459 e. The minimum absolute atomic E-state index is 0.109. The van der Waals surface area contributed by atoms with Crippen LogP contribution in [0.25, 0.3) is 5.57 Å². The van der Waals surface area contributed by atoms with Crippen LogP contribution in [0.15, 0.2) is 30.3 Å². The van der Waals surface area contributed by atoms with Crippen LogP contribution < -0.4 is 0 Å². The Hall–Kier alpha value is -1.57. The van der Waals surface area contributed by atoms with E-state index < -0.39 is 0 Å². The highest BCUT2D eigenvalue weighted by Crippen LogP contribution is 2.36. The maximum absolute atomic E-state index is 12.6. The lowest BCUT2D eigenvalue weighted by molar-refractivity contribution is 0.0161. The number of carbonyl (C=O) groups excluding carboxylic acids is 1. The van der Waals surface area contributed by atoms with E-state index in [4.69, 9.17) is 4.74 Å². The normalized spacial score (nSPS) is 24.6. The molecule has 0 heterocycles. The summed E-state index contributed by atoms with van der Waals surface area (Å²) in [7, 11) is 0. The van der Waals surface area contributed by atoms with Gasteiger partial charge in [-0.2, -0.15) is 0 Å². The topological polar surface area (TPSA) is 26.3 Å². The predicted molar refractivity (Wildman–Crippen MR) is 136 cm³/mol. The molecular formula is C30H46O2. The molecular weight excluding hydrogens is 392 g/mol. The summed E-state index contributed by atoms with van der Waals surface area (Å²) in [6, 6.07) is 8.17. The van der Waals surface area contributed by atoms with Gasteiger partial charge in [0.05, 0.1) is 5.56 Å². The second kappa shape index (κ2) is 13.2. The van der Waals surface area contributed by atoms with E-state index >= 15 is 0 Å². The summed E-state index contributed by atoms with van der Waals surface area (Å²) in [4.78, 5) is 12.6. The first-order valence-electron chi connectivity index (χ1n) is 13.6. The van der Waals surface area contributed by atoms with Crippen LogP contribution in [0.3, 0.4) is 0 Å². The molecule has 0 spiro atoms. The highest BCUT2D eigenvalue weighted by molar-refractivity contribution is 5.90. The summed E-state index contributed by atoms with van der Waals surface area (Å²) in [5.41, 5.74) is 3.42. The highest BCUT2D eigenvalue weighted by Gasteiger charge is 2.24. The molecule has 2 heteroatoms. The molecule has 2 aliphatic rings. The van der Waals surface area contributed by atoms with E-state index in [1.165, 1.54) is 81.8 Å². The Labute approximate surface area is 197 Å². The van der Waals surface area contributed by atoms with Gasteiger partial charge in [-0.05, 0) is 86.0 Å². The van der Waals surface area contributed by atoms with Crippen molar-refractivity contribution in [1.82, 2.24) is 0 Å². The smallest absolute Gasteiger partial charge is 0.338 e. The maximum atomic E-state index is 12.6. The SMILES string of the molecule is CCCCCC(C)C1CC=C(c2ccc(C(=O)OC3CCC(CCCC)CC3)cc2)CC1. The Morgan fingerprint density at radius 2 is 1.69 bits per heavy atom. The monoisotopic (exact) mass is 438 g/mol. The molecule has 0 aromatic heterocycles. The molecule has 0 N–H and O–H groups in total. The van der Waals surface area contributed by atoms with Crippen molar-refractivity contribution in [2.45, 2.75) is 117 Å². The number of carbonyl (C=O) groups is 1. The Morgan fingerprint density at radius 3 is 2.31 bits per heavy atom. The van der Waals surface area contributed by atoms with Crippen LogP contribution >= 0.6 is 0 Å². The van der Waals surface area contributed by atoms with Crippen LogP contribution in [-0.2, 0) is 4.74 Å². The predicted octanol–water partition coefficient (Wildman–Crippen LogP) is 8.99. The van der Waals surface area contributed by atoms with Crippen molar-refractivity contribution in [3.63, 3.8) is 0 Å². The summed E-state index contributed by atoms with van der Waals surface area (Å²) < 4.78 is 5.84. The van der Waals surface area contributed by atoms with Crippen molar-refractivity contribution >= 4 is 11.5 Å². The molecule has 0 aliphatic heterocycles. The third-order valence-corrected chi connectivity index (χ3v) is 8.04. The Balaban J connectivity index is 1.45. The lowest BCUT2D eigenvalue weighted by Gasteiger charge is -2.28. The van der Waals surface area contributed by atoms with Gasteiger partial charge in [-0.1, -0.05) is 83.9 Å². The van der Waals surface area contributed by atoms with Gasteiger partial charge >= 0.3 is 5.97 Å². The number of esters is 1. The van der Waals surface area contributed by atoms with Crippen LogP contribution in [0.1, 0.15) is 127 Å². The largest absolute Gasteiger partial charge is 0.459 e. The Morgan fingerprint density at radius 1 is 0.969 bits per heavy atom. The number of allylic oxidation sites excluding steroid dienone is 2. The van der Waals surface area contributed by atoms with E-state index in [0.29, 0.717) is 5.56 Å². The van der Waals surface area contributed by atoms with Gasteiger partial charge in [0.15, 0.2) is 0 Å². The first kappa shape index (κ1) is 25.1. The van der Waals surface area contributed by atoms with Gasteiger partial charge in [0.25, 0.3) is 0 Å². The third-order valence-electron chi connectivity index (χ3n) is 8.04. The third kappa shape index (κ3) is 7.49. The molecule has 2 atom stereocenters. The fraction of sp³-hybridized carbons (Fsp3) is 0.700. The van der Waals surface area contributed by atoms with Gasteiger partial charge in [-0.25, -0.2) is 4.79 Å². The number of ether oxygens (including phenoxy) is 1. The Bertz CT molecular complexity index is 709. The summed E-state index contributed by atoms with van der Waals surface area (Å²) in [6.07, 6.45) is 20.1. The fourth-order valence-corrected chi connectivity index (χ4v) is 5.66. The van der Waals surface area contributed by atoms with Crippen molar-refractivity contribution in [1.29, 1.82) is 0 Å². The average Bonchev–Trinajstić information content (AvgIpc) is 2.84. The molecule has 0 amide bonds. The van der Waals surface area contributed by atoms with Crippen LogP contribution in [-0.4, -0.2) is 12.1 Å². The number of rotatable bonds is 11. The quantitative estimate of drug-likeness (QED) is 0.254. The molecule has 2 aliphatic carbocycles. The zero-order valence-electron chi connectivity index (χ0n) is 20.9. The second-order valence-electron chi connectivity index (χ2n) is 10.5. The molecule has 178 valence electrons. The highest BCUT2D eigenvalue weighted by atomic mass is 16.5. The molecule has 2 nitrogen and oxygen atoms in total. The van der Waals surface area contributed by atoms with Gasteiger partial charge < -0.3 is 4.74 Å². The lowest BCUT2D eigenvalue weighted by atomic mass is 9.78. The molecule has 1 aromatic rings. The van der Waals surface area contributed by atoms with Crippen LogP contribution in [0.5, 0.6) is 0 Å². The minimum atomic E-state index is -0.146. The molecule has 3 rings (SSSR count). The zero-order chi connectivity index (χ0) is 22.8. The molecule has 32 heavy (non-hydrogen) atoms. The number of benzene rings is 1. The van der Waals surface area contributed by atoms with Crippen LogP contribution in [0.2, 0.25) is 0 Å². The maximum Gasteiger partial charge on any atom is 0.338 e. The van der Waals surface area contributed by atoms with Crippen molar-refractivity contribution < 1.29 is 9.53 Å². The average molecular weight is 439 g/mol. The zero-order valence-corrected chi connectivity index (χ0v) is 20.9. The second-order valence-corrected chi connectivity index (χ2v) is 10.5. The standard InChI is InChI=1S/C30H46O2/c1-4-6-8-9-23(3)25-13-15-26(16-14-25)27-17-19-28(20-18-27)30(31)32-29-21-11-24(12-22-29)10-7-5-2/h15,17-20,23-25,29H,4-14,16,21-22H2,1-3H3. The van der Waals surface area contributed by atoms with Gasteiger partial charge in [0.2, 0.25) is 0 Å². The van der Waals surface area contributed by atoms with E-state index in [0.717, 1.165) is 37.0 Å². The fourth-order valence-electron chi connectivity index (χ4n) is 5.66. The molecule has 1 fully saturated rings. The van der Waals surface area contributed by atoms with E-state index in [9.17, 15) is 4.79 Å². The van der Waals surface area contributed by atoms with Crippen LogP contribution in [0.4, 0.5) is 0 Å². The summed E-state index contributed by atoms with van der Waals surface area (Å²) in [5.74, 6) is 2.36. The Kier molecular flexibility index (Phi) is 10.3. The molecule has 1 aromatic carbocycles. The lowest BCUT2D eigenvalue weighted by Crippen LogP contribution is -2.24. The molecule has 0 saturated heterocycles. The molecule has 2 unspecified atom stereocenters. The number of hydrogen-bond acceptors (Lipinski definition) is 2. The van der Waals surface area contributed by atoms with Crippen molar-refractivity contribution in [2.24, 2.45) is 17.8 Å². The number of hydrogen-bond donors (Lipinski definition) is 0. The van der Waals surface area contributed by atoms with Crippen molar-refractivity contribution in [3.8, 4) is 0 Å². The molecule has 0 bridgehead atoms. The number of unbranched alkanes of at least 4 members (excludes halogenated alkanes) is 3. The van der Waals surface area contributed by atoms with Crippen molar-refractivity contribution in [3.05, 3.63) is 41.5 Å². The first-order chi connectivity index (χ1) is 15.6. The molecule has 0 radical (unpaired) electrons. The summed E-state index contributed by atoms with van der Waals surface area (Å²) >= 11 is 0. The van der Waals surface area contributed by atoms with Crippen molar-refractivity contribution in [2.75, 3.05) is 0 Å². The van der Waals surface area contributed by atoms with Gasteiger partial charge in [0.1, 0.15) is 6.10 Å². The van der Waals surface area contributed by atoms with Crippen LogP contribution in [0, 0.1) is 17.8 Å². The molecule has 1 saturated carbocycles. The summed E-state index contributed by atoms with van der Waals surface area (Å²) in [5, 5.41) is 0. The van der Waals surface area contributed by atoms with E-state index in [2.05, 4.69) is 39.0 Å². The van der Waals surface area contributed by atoms with E-state index in [1.807, 2.05) is 12.1 Å². The summed E-state index contributed by atoms with van der Waals surface area (Å²) in [6.45, 7) is 6.98. The van der Waals surface area contributed by atoms with E-state index in [-0.39, 0.29) is 12.1 Å². The van der Waals surface area contributed by atoms with Gasteiger partial charge in [-0.15, -0.1) is 0 Å². The first-order valence-corrected chi connectivity index (χ1v) is 13.6. The van der Waals surface area contributed by atoms with Gasteiger partial charge in [-0.3, -0.25) is 0 Å².